The van der Waals surface area contributed by atoms with Crippen LogP contribution in [-0.2, 0) is 0 Å². The van der Waals surface area contributed by atoms with Crippen molar-refractivity contribution in [1.82, 2.24) is 9.88 Å². The number of furan rings is 1. The van der Waals surface area contributed by atoms with Gasteiger partial charge in [0.25, 0.3) is 5.91 Å². The van der Waals surface area contributed by atoms with E-state index in [1.165, 1.54) is 23.2 Å². The molecular formula is C18H21N3O2S. The topological polar surface area (TPSA) is 49.6 Å². The van der Waals surface area contributed by atoms with E-state index in [1.54, 1.807) is 17.0 Å². The third kappa shape index (κ3) is 3.20. The van der Waals surface area contributed by atoms with Crippen LogP contribution in [0.4, 0.5) is 5.13 Å². The standard InChI is InChI=1S/C18H21N3O2S/c1-12-7-8-15-16(13(12)2)19-18(24-15)21(10-9-20(3)4)17(22)14-6-5-11-23-14/h5-8,11H,9-10H2,1-4H3. The lowest BCUT2D eigenvalue weighted by atomic mass is 10.1. The number of aryl methyl sites for hydroxylation is 2. The molecule has 0 atom stereocenters. The average Bonchev–Trinajstić information content (AvgIpc) is 3.20. The van der Waals surface area contributed by atoms with Crippen LogP contribution in [0.25, 0.3) is 10.2 Å². The second kappa shape index (κ2) is 6.75. The summed E-state index contributed by atoms with van der Waals surface area (Å²) in [5.41, 5.74) is 3.33. The molecule has 24 heavy (non-hydrogen) atoms. The Labute approximate surface area is 145 Å². The minimum atomic E-state index is -0.157. The molecule has 0 saturated carbocycles. The molecule has 0 radical (unpaired) electrons. The highest BCUT2D eigenvalue weighted by Gasteiger charge is 2.23. The molecule has 1 aromatic carbocycles. The molecule has 1 amide bonds. The van der Waals surface area contributed by atoms with Crippen LogP contribution in [0.3, 0.4) is 0 Å². The van der Waals surface area contributed by atoms with Gasteiger partial charge in [-0.2, -0.15) is 0 Å². The van der Waals surface area contributed by atoms with Crippen molar-refractivity contribution < 1.29 is 9.21 Å². The first kappa shape index (κ1) is 16.7. The van der Waals surface area contributed by atoms with Gasteiger partial charge >= 0.3 is 0 Å². The first-order valence-electron chi connectivity index (χ1n) is 7.84. The fraction of sp³-hybridized carbons (Fsp3) is 0.333. The third-order valence-electron chi connectivity index (χ3n) is 4.05. The normalized spacial score (nSPS) is 11.4. The van der Waals surface area contributed by atoms with E-state index in [4.69, 9.17) is 9.40 Å². The second-order valence-corrected chi connectivity index (χ2v) is 7.10. The lowest BCUT2D eigenvalue weighted by Gasteiger charge is -2.20. The second-order valence-electron chi connectivity index (χ2n) is 6.09. The molecule has 0 bridgehead atoms. The molecule has 0 spiro atoms. The zero-order valence-electron chi connectivity index (χ0n) is 14.4. The van der Waals surface area contributed by atoms with Crippen molar-refractivity contribution in [2.75, 3.05) is 32.1 Å². The van der Waals surface area contributed by atoms with Gasteiger partial charge in [-0.05, 0) is 57.3 Å². The number of hydrogen-bond donors (Lipinski definition) is 0. The van der Waals surface area contributed by atoms with Gasteiger partial charge in [0.05, 0.1) is 16.5 Å². The summed E-state index contributed by atoms with van der Waals surface area (Å²) in [7, 11) is 3.98. The summed E-state index contributed by atoms with van der Waals surface area (Å²) in [4.78, 5) is 21.3. The maximum Gasteiger partial charge on any atom is 0.295 e. The summed E-state index contributed by atoms with van der Waals surface area (Å²) in [6.07, 6.45) is 1.52. The summed E-state index contributed by atoms with van der Waals surface area (Å²) >= 11 is 1.54. The van der Waals surface area contributed by atoms with Crippen molar-refractivity contribution in [3.05, 3.63) is 47.4 Å². The van der Waals surface area contributed by atoms with Crippen LogP contribution in [-0.4, -0.2) is 43.0 Å². The number of carbonyl (C=O) groups is 1. The molecule has 0 aliphatic rings. The van der Waals surface area contributed by atoms with Crippen LogP contribution < -0.4 is 4.90 Å². The summed E-state index contributed by atoms with van der Waals surface area (Å²) in [6, 6.07) is 7.58. The molecule has 2 heterocycles. The monoisotopic (exact) mass is 343 g/mol. The number of rotatable bonds is 5. The molecule has 0 N–H and O–H groups in total. The maximum absolute atomic E-state index is 12.8. The highest BCUT2D eigenvalue weighted by molar-refractivity contribution is 7.22. The Balaban J connectivity index is 2.01. The van der Waals surface area contributed by atoms with Gasteiger partial charge in [0, 0.05) is 13.1 Å². The van der Waals surface area contributed by atoms with Gasteiger partial charge in [-0.3, -0.25) is 9.69 Å². The molecular weight excluding hydrogens is 322 g/mol. The van der Waals surface area contributed by atoms with Crippen molar-refractivity contribution >= 4 is 32.6 Å². The number of amides is 1. The van der Waals surface area contributed by atoms with Crippen molar-refractivity contribution in [3.63, 3.8) is 0 Å². The Hall–Kier alpha value is -2.18. The van der Waals surface area contributed by atoms with E-state index in [0.29, 0.717) is 17.4 Å². The smallest absolute Gasteiger partial charge is 0.295 e. The molecule has 0 saturated heterocycles. The summed E-state index contributed by atoms with van der Waals surface area (Å²) < 4.78 is 6.39. The van der Waals surface area contributed by atoms with E-state index in [9.17, 15) is 4.79 Å². The van der Waals surface area contributed by atoms with Crippen LogP contribution in [0.2, 0.25) is 0 Å². The fourth-order valence-electron chi connectivity index (χ4n) is 2.45. The Morgan fingerprint density at radius 1 is 1.21 bits per heavy atom. The molecule has 0 aliphatic heterocycles. The van der Waals surface area contributed by atoms with Gasteiger partial charge in [0.15, 0.2) is 10.9 Å². The molecule has 3 aromatic rings. The highest BCUT2D eigenvalue weighted by Crippen LogP contribution is 2.32. The van der Waals surface area contributed by atoms with Crippen molar-refractivity contribution in [1.29, 1.82) is 0 Å². The fourth-order valence-corrected chi connectivity index (χ4v) is 3.50. The number of thiazole rings is 1. The Bertz CT molecular complexity index is 853. The molecule has 126 valence electrons. The van der Waals surface area contributed by atoms with Gasteiger partial charge in [0.1, 0.15) is 0 Å². The molecule has 0 aliphatic carbocycles. The quantitative estimate of drug-likeness (QED) is 0.708. The minimum absolute atomic E-state index is 0.157. The average molecular weight is 343 g/mol. The minimum Gasteiger partial charge on any atom is -0.459 e. The van der Waals surface area contributed by atoms with Gasteiger partial charge in [-0.25, -0.2) is 4.98 Å². The summed E-state index contributed by atoms with van der Waals surface area (Å²) in [5, 5.41) is 0.710. The largest absolute Gasteiger partial charge is 0.459 e. The number of anilines is 1. The van der Waals surface area contributed by atoms with E-state index in [1.807, 2.05) is 19.0 Å². The van der Waals surface area contributed by atoms with Crippen molar-refractivity contribution in [2.24, 2.45) is 0 Å². The zero-order chi connectivity index (χ0) is 17.3. The molecule has 0 unspecified atom stereocenters. The van der Waals surface area contributed by atoms with Crippen molar-refractivity contribution in [2.45, 2.75) is 13.8 Å². The van der Waals surface area contributed by atoms with Crippen LogP contribution in [0, 0.1) is 13.8 Å². The zero-order valence-corrected chi connectivity index (χ0v) is 15.2. The number of nitrogens with zero attached hydrogens (tertiary/aromatic N) is 3. The van der Waals surface area contributed by atoms with Crippen LogP contribution in [0.15, 0.2) is 34.9 Å². The molecule has 0 fully saturated rings. The van der Waals surface area contributed by atoms with Gasteiger partial charge in [0.2, 0.25) is 0 Å². The van der Waals surface area contributed by atoms with Gasteiger partial charge < -0.3 is 9.32 Å². The van der Waals surface area contributed by atoms with E-state index >= 15 is 0 Å². The predicted octanol–water partition coefficient (Wildman–Crippen LogP) is 3.71. The first-order chi connectivity index (χ1) is 11.5. The number of aromatic nitrogens is 1. The predicted molar refractivity (Wildman–Crippen MR) is 98.0 cm³/mol. The highest BCUT2D eigenvalue weighted by atomic mass is 32.1. The number of carbonyl (C=O) groups excluding carboxylic acids is 1. The molecule has 5 nitrogen and oxygen atoms in total. The van der Waals surface area contributed by atoms with E-state index in [2.05, 4.69) is 26.0 Å². The van der Waals surface area contributed by atoms with E-state index in [-0.39, 0.29) is 5.91 Å². The molecule has 2 aromatic heterocycles. The number of hydrogen-bond acceptors (Lipinski definition) is 5. The SMILES string of the molecule is Cc1ccc2sc(N(CCN(C)C)C(=O)c3ccco3)nc2c1C. The Morgan fingerprint density at radius 3 is 2.67 bits per heavy atom. The number of benzene rings is 1. The lowest BCUT2D eigenvalue weighted by molar-refractivity contribution is 0.0958. The molecule has 6 heteroatoms. The Morgan fingerprint density at radius 2 is 2.00 bits per heavy atom. The van der Waals surface area contributed by atoms with Crippen LogP contribution in [0.1, 0.15) is 21.7 Å². The Kier molecular flexibility index (Phi) is 4.69. The van der Waals surface area contributed by atoms with E-state index in [0.717, 1.165) is 22.3 Å². The number of fused-ring (bicyclic) bond motifs is 1. The van der Waals surface area contributed by atoms with Gasteiger partial charge in [-0.15, -0.1) is 0 Å². The van der Waals surface area contributed by atoms with Crippen molar-refractivity contribution in [3.8, 4) is 0 Å². The lowest BCUT2D eigenvalue weighted by Crippen LogP contribution is -2.36. The maximum atomic E-state index is 12.8. The summed E-state index contributed by atoms with van der Waals surface area (Å²) in [5.74, 6) is 0.177. The van der Waals surface area contributed by atoms with Gasteiger partial charge in [-0.1, -0.05) is 17.4 Å². The first-order valence-corrected chi connectivity index (χ1v) is 8.66. The van der Waals surface area contributed by atoms with E-state index < -0.39 is 0 Å². The third-order valence-corrected chi connectivity index (χ3v) is 5.10. The molecule has 3 rings (SSSR count). The number of likely N-dealkylation sites (N-methyl/N-ethyl adjacent to an activating group) is 1. The van der Waals surface area contributed by atoms with Crippen LogP contribution >= 0.6 is 11.3 Å². The summed E-state index contributed by atoms with van der Waals surface area (Å²) in [6.45, 7) is 5.45. The van der Waals surface area contributed by atoms with Crippen LogP contribution in [0.5, 0.6) is 0 Å².